The summed E-state index contributed by atoms with van der Waals surface area (Å²) in [6.45, 7) is 4.51. The van der Waals surface area contributed by atoms with E-state index in [0.29, 0.717) is 39.8 Å². The summed E-state index contributed by atoms with van der Waals surface area (Å²) >= 11 is 10.4. The number of benzene rings is 2. The minimum absolute atomic E-state index is 0.204. The number of nitrogens with one attached hydrogen (secondary N) is 1. The molecule has 0 saturated carbocycles. The van der Waals surface area contributed by atoms with Crippen molar-refractivity contribution in [3.8, 4) is 0 Å². The Kier molecular flexibility index (Phi) is 7.66. The molecule has 37 heavy (non-hydrogen) atoms. The Morgan fingerprint density at radius 1 is 1.08 bits per heavy atom. The molecule has 0 aliphatic carbocycles. The zero-order valence-electron chi connectivity index (χ0n) is 20.2. The van der Waals surface area contributed by atoms with Gasteiger partial charge < -0.3 is 20.2 Å². The van der Waals surface area contributed by atoms with Gasteiger partial charge in [-0.3, -0.25) is 19.5 Å². The van der Waals surface area contributed by atoms with Gasteiger partial charge in [-0.05, 0) is 42.0 Å². The molecule has 2 aliphatic heterocycles. The maximum absolute atomic E-state index is 13.3. The van der Waals surface area contributed by atoms with Gasteiger partial charge in [0, 0.05) is 73.8 Å². The van der Waals surface area contributed by atoms with E-state index in [9.17, 15) is 14.7 Å². The number of pyridine rings is 1. The van der Waals surface area contributed by atoms with Gasteiger partial charge in [0.05, 0.1) is 22.9 Å². The first-order valence-electron chi connectivity index (χ1n) is 12.2. The Bertz CT molecular complexity index is 1300. The molecule has 8 nitrogen and oxygen atoms in total. The van der Waals surface area contributed by atoms with Crippen LogP contribution in [0.1, 0.15) is 26.3 Å². The molecule has 10 heteroatoms. The van der Waals surface area contributed by atoms with E-state index in [4.69, 9.17) is 11.6 Å². The van der Waals surface area contributed by atoms with E-state index < -0.39 is 12.0 Å². The lowest BCUT2D eigenvalue weighted by Crippen LogP contribution is -2.50. The molecule has 192 valence electrons. The van der Waals surface area contributed by atoms with E-state index in [-0.39, 0.29) is 12.5 Å². The molecule has 1 unspecified atom stereocenters. The zero-order chi connectivity index (χ0) is 25.9. The molecule has 2 aromatic carbocycles. The van der Waals surface area contributed by atoms with Crippen LogP contribution in [-0.4, -0.2) is 77.1 Å². The maximum atomic E-state index is 13.3. The number of fused-ring (bicyclic) bond motifs is 1. The van der Waals surface area contributed by atoms with Gasteiger partial charge in [-0.25, -0.2) is 0 Å². The Morgan fingerprint density at radius 2 is 1.84 bits per heavy atom. The molecule has 2 aliphatic rings. The van der Waals surface area contributed by atoms with Crippen LogP contribution in [0.4, 0.5) is 11.4 Å². The summed E-state index contributed by atoms with van der Waals surface area (Å²) < 4.78 is 0. The van der Waals surface area contributed by atoms with E-state index in [1.807, 2.05) is 24.3 Å². The summed E-state index contributed by atoms with van der Waals surface area (Å²) in [5.41, 5.74) is 3.19. The fourth-order valence-electron chi connectivity index (χ4n) is 4.91. The lowest BCUT2D eigenvalue weighted by atomic mass is 10.1. The fraction of sp³-hybridized carbons (Fsp3) is 0.296. The number of hydrogen-bond donors (Lipinski definition) is 3. The standard InChI is InChI=1S/C27H28ClN5O3S/c28-19-4-5-24(37)22(14-19)26(35)30-23-3-1-2-18-15-33(27(36)25(18)23)17-21(34)16-31-10-12-32(13-11-31)20-6-8-29-9-7-20/h1-9,14,21,34,37H,10-13,15-17H2,(H,30,35). The predicted molar refractivity (Wildman–Crippen MR) is 147 cm³/mol. The number of β-amino-alcohol motifs (C(OH)–C–C–N with tert-alkyl or cyclic N) is 1. The molecular weight excluding hydrogens is 510 g/mol. The van der Waals surface area contributed by atoms with Crippen LogP contribution in [0.15, 0.2) is 65.8 Å². The Morgan fingerprint density at radius 3 is 2.59 bits per heavy atom. The van der Waals surface area contributed by atoms with Crippen molar-refractivity contribution in [1.29, 1.82) is 0 Å². The molecule has 1 saturated heterocycles. The van der Waals surface area contributed by atoms with Crippen molar-refractivity contribution in [3.05, 3.63) is 82.6 Å². The van der Waals surface area contributed by atoms with Crippen molar-refractivity contribution in [1.82, 2.24) is 14.8 Å². The van der Waals surface area contributed by atoms with Gasteiger partial charge in [0.1, 0.15) is 0 Å². The lowest BCUT2D eigenvalue weighted by Gasteiger charge is -2.37. The number of amides is 2. The van der Waals surface area contributed by atoms with Gasteiger partial charge in [0.15, 0.2) is 0 Å². The molecule has 0 spiro atoms. The number of hydrogen-bond acceptors (Lipinski definition) is 7. The molecule has 1 atom stereocenters. The highest BCUT2D eigenvalue weighted by Crippen LogP contribution is 2.30. The highest BCUT2D eigenvalue weighted by Gasteiger charge is 2.32. The van der Waals surface area contributed by atoms with Crippen LogP contribution < -0.4 is 10.2 Å². The Balaban J connectivity index is 1.18. The Hall–Kier alpha value is -3.11. The molecule has 0 bridgehead atoms. The number of anilines is 2. The third-order valence-electron chi connectivity index (χ3n) is 6.76. The summed E-state index contributed by atoms with van der Waals surface area (Å²) in [6.07, 6.45) is 2.91. The van der Waals surface area contributed by atoms with Crippen LogP contribution in [-0.2, 0) is 6.54 Å². The van der Waals surface area contributed by atoms with E-state index in [0.717, 1.165) is 37.4 Å². The van der Waals surface area contributed by atoms with Crippen molar-refractivity contribution in [3.63, 3.8) is 0 Å². The molecule has 1 aromatic heterocycles. The van der Waals surface area contributed by atoms with Crippen LogP contribution in [0.2, 0.25) is 5.02 Å². The molecule has 2 N–H and O–H groups in total. The summed E-state index contributed by atoms with van der Waals surface area (Å²) in [6, 6.07) is 14.3. The number of carbonyl (C=O) groups is 2. The Labute approximate surface area is 226 Å². The highest BCUT2D eigenvalue weighted by atomic mass is 35.5. The second-order valence-electron chi connectivity index (χ2n) is 9.29. The van der Waals surface area contributed by atoms with Crippen molar-refractivity contribution >= 4 is 47.4 Å². The van der Waals surface area contributed by atoms with Crippen molar-refractivity contribution in [2.45, 2.75) is 17.5 Å². The first-order valence-corrected chi connectivity index (χ1v) is 13.0. The van der Waals surface area contributed by atoms with E-state index >= 15 is 0 Å². The number of halogens is 1. The molecule has 0 radical (unpaired) electrons. The fourth-order valence-corrected chi connectivity index (χ4v) is 5.32. The first kappa shape index (κ1) is 25.5. The van der Waals surface area contributed by atoms with Gasteiger partial charge in [0.2, 0.25) is 0 Å². The molecule has 5 rings (SSSR count). The number of aromatic nitrogens is 1. The average molecular weight is 538 g/mol. The number of carbonyl (C=O) groups excluding carboxylic acids is 2. The summed E-state index contributed by atoms with van der Waals surface area (Å²) in [5.74, 6) is -0.595. The summed E-state index contributed by atoms with van der Waals surface area (Å²) in [5, 5.41) is 14.1. The number of rotatable bonds is 7. The molecule has 2 amide bonds. The van der Waals surface area contributed by atoms with Gasteiger partial charge in [0.25, 0.3) is 11.8 Å². The van der Waals surface area contributed by atoms with Crippen molar-refractivity contribution in [2.75, 3.05) is 49.5 Å². The molecule has 3 heterocycles. The molecule has 3 aromatic rings. The number of nitrogens with zero attached hydrogens (tertiary/aromatic N) is 4. The maximum Gasteiger partial charge on any atom is 0.256 e. The minimum Gasteiger partial charge on any atom is -0.390 e. The first-order chi connectivity index (χ1) is 17.9. The highest BCUT2D eigenvalue weighted by molar-refractivity contribution is 7.80. The van der Waals surface area contributed by atoms with Gasteiger partial charge in [-0.1, -0.05) is 23.7 Å². The van der Waals surface area contributed by atoms with Gasteiger partial charge in [-0.2, -0.15) is 0 Å². The van der Waals surface area contributed by atoms with Gasteiger partial charge >= 0.3 is 0 Å². The largest absolute Gasteiger partial charge is 0.390 e. The van der Waals surface area contributed by atoms with Crippen LogP contribution in [0.5, 0.6) is 0 Å². The topological polar surface area (TPSA) is 89.0 Å². The van der Waals surface area contributed by atoms with E-state index in [1.54, 1.807) is 41.6 Å². The van der Waals surface area contributed by atoms with Crippen molar-refractivity contribution in [2.24, 2.45) is 0 Å². The zero-order valence-corrected chi connectivity index (χ0v) is 21.8. The predicted octanol–water partition coefficient (Wildman–Crippen LogP) is 3.41. The number of piperazine rings is 1. The lowest BCUT2D eigenvalue weighted by molar-refractivity contribution is 0.0537. The number of aliphatic hydroxyl groups excluding tert-OH is 1. The van der Waals surface area contributed by atoms with Crippen LogP contribution in [0, 0.1) is 0 Å². The van der Waals surface area contributed by atoms with E-state index in [2.05, 4.69) is 32.7 Å². The molecular formula is C27H28ClN5O3S. The van der Waals surface area contributed by atoms with Crippen LogP contribution in [0.25, 0.3) is 0 Å². The minimum atomic E-state index is -0.679. The SMILES string of the molecule is O=C(Nc1cccc2c1C(=O)N(CC(O)CN1CCN(c3ccncc3)CC1)C2)c1cc(Cl)ccc1S. The monoisotopic (exact) mass is 537 g/mol. The van der Waals surface area contributed by atoms with Crippen LogP contribution >= 0.6 is 24.2 Å². The second-order valence-corrected chi connectivity index (χ2v) is 10.2. The third kappa shape index (κ3) is 5.75. The van der Waals surface area contributed by atoms with E-state index in [1.165, 1.54) is 0 Å². The normalized spacial score (nSPS) is 16.6. The summed E-state index contributed by atoms with van der Waals surface area (Å²) in [7, 11) is 0. The summed E-state index contributed by atoms with van der Waals surface area (Å²) in [4.78, 5) is 36.9. The second kappa shape index (κ2) is 11.1. The molecule has 1 fully saturated rings. The smallest absolute Gasteiger partial charge is 0.256 e. The average Bonchev–Trinajstić information content (AvgIpc) is 3.22. The van der Waals surface area contributed by atoms with Crippen molar-refractivity contribution < 1.29 is 14.7 Å². The number of thiol groups is 1. The quantitative estimate of drug-likeness (QED) is 0.400. The third-order valence-corrected chi connectivity index (χ3v) is 7.39. The van der Waals surface area contributed by atoms with Crippen LogP contribution in [0.3, 0.4) is 0 Å². The van der Waals surface area contributed by atoms with Gasteiger partial charge in [-0.15, -0.1) is 12.6 Å². The number of aliphatic hydroxyl groups is 1.